The van der Waals surface area contributed by atoms with Crippen LogP contribution in [-0.2, 0) is 0 Å². The van der Waals surface area contributed by atoms with Crippen molar-refractivity contribution in [1.82, 2.24) is 4.57 Å². The van der Waals surface area contributed by atoms with Crippen LogP contribution in [0.3, 0.4) is 0 Å². The van der Waals surface area contributed by atoms with Crippen LogP contribution in [0.4, 0.5) is 0 Å². The van der Waals surface area contributed by atoms with Crippen LogP contribution >= 0.6 is 0 Å². The number of fused-ring (bicyclic) bond motifs is 1. The molecule has 0 aliphatic heterocycles. The van der Waals surface area contributed by atoms with Crippen molar-refractivity contribution >= 4 is 30.2 Å². The second-order valence-corrected chi connectivity index (χ2v) is 12.7. The van der Waals surface area contributed by atoms with E-state index in [0.717, 1.165) is 24.8 Å². The topological polar surface area (TPSA) is 22.0 Å². The Morgan fingerprint density at radius 2 is 1.57 bits per heavy atom. The van der Waals surface area contributed by atoms with Gasteiger partial charge in [-0.05, 0) is 37.8 Å². The van der Waals surface area contributed by atoms with Gasteiger partial charge in [0.1, 0.15) is 0 Å². The zero-order valence-electron chi connectivity index (χ0n) is 15.8. The molecule has 2 rings (SSSR count). The predicted octanol–water partition coefficient (Wildman–Crippen LogP) is 5.35. The Morgan fingerprint density at radius 1 is 1.04 bits per heavy atom. The number of rotatable bonds is 5. The minimum Gasteiger partial charge on any atom is -0.288 e. The summed E-state index contributed by atoms with van der Waals surface area (Å²) >= 11 is 0. The van der Waals surface area contributed by atoms with E-state index in [1.807, 2.05) is 6.07 Å². The number of para-hydroxylation sites is 1. The molecule has 0 N–H and O–H groups in total. The minimum absolute atomic E-state index is 0.247. The molecular weight excluding hydrogens is 298 g/mol. The summed E-state index contributed by atoms with van der Waals surface area (Å²) in [5, 5.41) is 2.53. The van der Waals surface area contributed by atoms with Gasteiger partial charge in [0, 0.05) is 16.1 Å². The van der Waals surface area contributed by atoms with Gasteiger partial charge in [0.2, 0.25) is 5.91 Å². The first-order valence-corrected chi connectivity index (χ1v) is 12.4. The molecule has 0 fully saturated rings. The molecular formula is C20H31NOSi. The smallest absolute Gasteiger partial charge is 0.237 e. The number of benzene rings is 1. The molecule has 126 valence electrons. The number of carbonyl (C=O) groups is 1. The summed E-state index contributed by atoms with van der Waals surface area (Å²) in [4.78, 5) is 13.6. The maximum Gasteiger partial charge on any atom is 0.237 e. The Balaban J connectivity index is 2.85. The number of hydrogen-bond donors (Lipinski definition) is 0. The average molecular weight is 330 g/mol. The highest BCUT2D eigenvalue weighted by molar-refractivity contribution is 6.89. The van der Waals surface area contributed by atoms with Crippen molar-refractivity contribution in [3.05, 3.63) is 29.8 Å². The fraction of sp³-hybridized carbons (Fsp3) is 0.550. The lowest BCUT2D eigenvalue weighted by Gasteiger charge is -2.32. The summed E-state index contributed by atoms with van der Waals surface area (Å²) < 4.78 is 2.09. The second-order valence-electron chi connectivity index (χ2n) is 7.72. The number of aromatic nitrogens is 1. The molecule has 0 radical (unpaired) electrons. The lowest BCUT2D eigenvalue weighted by Crippen LogP contribution is -2.49. The molecule has 0 amide bonds. The van der Waals surface area contributed by atoms with Gasteiger partial charge in [0.15, 0.2) is 0 Å². The summed E-state index contributed by atoms with van der Waals surface area (Å²) in [5.41, 5.74) is 2.14. The van der Waals surface area contributed by atoms with Gasteiger partial charge in [-0.2, -0.15) is 0 Å². The monoisotopic (exact) mass is 329 g/mol. The molecule has 1 aromatic heterocycles. The van der Waals surface area contributed by atoms with Crippen molar-refractivity contribution in [3.63, 3.8) is 0 Å². The molecule has 2 nitrogen and oxygen atoms in total. The molecule has 0 saturated carbocycles. The Morgan fingerprint density at radius 3 is 2.04 bits per heavy atom. The third kappa shape index (κ3) is 2.80. The maximum absolute atomic E-state index is 13.6. The average Bonchev–Trinajstić information content (AvgIpc) is 2.83. The molecule has 0 spiro atoms. The van der Waals surface area contributed by atoms with Crippen LogP contribution in [-0.4, -0.2) is 18.5 Å². The van der Waals surface area contributed by atoms with E-state index < -0.39 is 8.07 Å². The van der Waals surface area contributed by atoms with Gasteiger partial charge in [-0.15, -0.1) is 0 Å². The molecule has 0 saturated heterocycles. The SMILES string of the molecule is CCC(CC)(CC)C(=O)n1c([Si](C)(C)C)c(C)c2ccccc21. The van der Waals surface area contributed by atoms with E-state index in [4.69, 9.17) is 0 Å². The van der Waals surface area contributed by atoms with Crippen molar-refractivity contribution < 1.29 is 4.79 Å². The summed E-state index contributed by atoms with van der Waals surface area (Å²) in [5.74, 6) is 0.298. The Labute approximate surface area is 141 Å². The molecule has 1 aromatic carbocycles. The number of carbonyl (C=O) groups excluding carboxylic acids is 1. The first-order valence-electron chi connectivity index (χ1n) is 8.88. The van der Waals surface area contributed by atoms with Crippen molar-refractivity contribution in [3.8, 4) is 0 Å². The fourth-order valence-corrected chi connectivity index (χ4v) is 6.10. The van der Waals surface area contributed by atoms with Gasteiger partial charge in [0.05, 0.1) is 13.6 Å². The van der Waals surface area contributed by atoms with E-state index in [2.05, 4.69) is 70.1 Å². The standard InChI is InChI=1S/C20H31NOSi/c1-8-20(9-2,10-3)19(22)21-17-14-12-11-13-16(17)15(4)18(21)23(5,6)7/h11-14H,8-10H2,1-7H3. The zero-order chi connectivity index (χ0) is 17.4. The molecule has 23 heavy (non-hydrogen) atoms. The van der Waals surface area contributed by atoms with E-state index in [-0.39, 0.29) is 5.41 Å². The largest absolute Gasteiger partial charge is 0.288 e. The summed E-state index contributed by atoms with van der Waals surface area (Å²) in [7, 11) is -1.64. The molecule has 0 atom stereocenters. The van der Waals surface area contributed by atoms with E-state index in [9.17, 15) is 4.79 Å². The number of nitrogens with zero attached hydrogens (tertiary/aromatic N) is 1. The summed E-state index contributed by atoms with van der Waals surface area (Å²) in [6.45, 7) is 15.6. The van der Waals surface area contributed by atoms with Gasteiger partial charge in [-0.25, -0.2) is 0 Å². The van der Waals surface area contributed by atoms with Crippen LogP contribution < -0.4 is 5.32 Å². The highest BCUT2D eigenvalue weighted by atomic mass is 28.3. The molecule has 0 aliphatic carbocycles. The summed E-state index contributed by atoms with van der Waals surface area (Å²) in [6.07, 6.45) is 2.70. The lowest BCUT2D eigenvalue weighted by molar-refractivity contribution is 0.0678. The van der Waals surface area contributed by atoms with E-state index in [1.54, 1.807) is 0 Å². The van der Waals surface area contributed by atoms with Gasteiger partial charge < -0.3 is 0 Å². The predicted molar refractivity (Wildman–Crippen MR) is 104 cm³/mol. The lowest BCUT2D eigenvalue weighted by atomic mass is 9.79. The third-order valence-electron chi connectivity index (χ3n) is 5.53. The van der Waals surface area contributed by atoms with E-state index in [0.29, 0.717) is 5.91 Å². The van der Waals surface area contributed by atoms with Crippen molar-refractivity contribution in [2.75, 3.05) is 0 Å². The highest BCUT2D eigenvalue weighted by Crippen LogP contribution is 2.34. The minimum atomic E-state index is -1.64. The highest BCUT2D eigenvalue weighted by Gasteiger charge is 2.38. The zero-order valence-corrected chi connectivity index (χ0v) is 16.8. The molecule has 2 aromatic rings. The van der Waals surface area contributed by atoms with Crippen molar-refractivity contribution in [2.24, 2.45) is 5.41 Å². The van der Waals surface area contributed by atoms with Crippen LogP contribution in [0.5, 0.6) is 0 Å². The first kappa shape index (κ1) is 18.0. The molecule has 0 aliphatic rings. The van der Waals surface area contributed by atoms with Gasteiger partial charge in [-0.3, -0.25) is 9.36 Å². The normalized spacial score (nSPS) is 12.8. The third-order valence-corrected chi connectivity index (χ3v) is 7.54. The fourth-order valence-electron chi connectivity index (χ4n) is 3.95. The Bertz CT molecular complexity index is 709. The van der Waals surface area contributed by atoms with Gasteiger partial charge in [0.25, 0.3) is 0 Å². The number of hydrogen-bond acceptors (Lipinski definition) is 1. The van der Waals surface area contributed by atoms with Crippen LogP contribution in [0.15, 0.2) is 24.3 Å². The molecule has 3 heteroatoms. The van der Waals surface area contributed by atoms with Crippen molar-refractivity contribution in [2.45, 2.75) is 66.6 Å². The molecule has 0 unspecified atom stereocenters. The van der Waals surface area contributed by atoms with Crippen molar-refractivity contribution in [1.29, 1.82) is 0 Å². The molecule has 0 bridgehead atoms. The summed E-state index contributed by atoms with van der Waals surface area (Å²) in [6, 6.07) is 8.38. The quantitative estimate of drug-likeness (QED) is 0.678. The first-order chi connectivity index (χ1) is 10.7. The van der Waals surface area contributed by atoms with Gasteiger partial charge >= 0.3 is 0 Å². The van der Waals surface area contributed by atoms with E-state index >= 15 is 0 Å². The van der Waals surface area contributed by atoms with E-state index in [1.165, 1.54) is 16.3 Å². The van der Waals surface area contributed by atoms with Crippen LogP contribution in [0.1, 0.15) is 50.4 Å². The van der Waals surface area contributed by atoms with Crippen LogP contribution in [0, 0.1) is 12.3 Å². The Kier molecular flexibility index (Phi) is 4.91. The van der Waals surface area contributed by atoms with Gasteiger partial charge in [-0.1, -0.05) is 58.6 Å². The number of aryl methyl sites for hydroxylation is 1. The second kappa shape index (κ2) is 6.27. The Hall–Kier alpha value is -1.35. The van der Waals surface area contributed by atoms with Crippen LogP contribution in [0.2, 0.25) is 19.6 Å². The van der Waals surface area contributed by atoms with Crippen LogP contribution in [0.25, 0.3) is 10.9 Å². The molecule has 1 heterocycles. The maximum atomic E-state index is 13.6.